The zero-order chi connectivity index (χ0) is 9.31. The topological polar surface area (TPSA) is 49.8 Å². The van der Waals surface area contributed by atoms with Gasteiger partial charge in [0, 0.05) is 6.61 Å². The van der Waals surface area contributed by atoms with E-state index in [-0.39, 0.29) is 18.1 Å². The molecule has 4 heteroatoms. The molecule has 0 bridgehead atoms. The van der Waals surface area contributed by atoms with E-state index in [9.17, 15) is 4.79 Å². The molecule has 1 saturated carbocycles. The van der Waals surface area contributed by atoms with E-state index in [1.807, 2.05) is 0 Å². The number of carbonyl (C=O) groups excluding carboxylic acids is 1. The monoisotopic (exact) mass is 185 g/mol. The number of rotatable bonds is 3. The van der Waals surface area contributed by atoms with E-state index in [0.29, 0.717) is 19.4 Å². The van der Waals surface area contributed by atoms with E-state index >= 15 is 0 Å². The van der Waals surface area contributed by atoms with E-state index in [1.54, 1.807) is 0 Å². The summed E-state index contributed by atoms with van der Waals surface area (Å²) in [7, 11) is 0. The Labute approximate surface area is 77.4 Å². The van der Waals surface area contributed by atoms with Crippen LogP contribution in [-0.4, -0.2) is 34.8 Å². The lowest BCUT2D eigenvalue weighted by atomic mass is 9.78. The number of carbonyl (C=O) groups is 1. The van der Waals surface area contributed by atoms with Gasteiger partial charge in [-0.3, -0.25) is 9.63 Å². The SMILES string of the molecule is O=C1CC2(CCC2)ON1CCCO. The van der Waals surface area contributed by atoms with Crippen molar-refractivity contribution in [1.29, 1.82) is 0 Å². The van der Waals surface area contributed by atoms with Gasteiger partial charge in [-0.25, -0.2) is 5.06 Å². The van der Waals surface area contributed by atoms with E-state index in [2.05, 4.69) is 0 Å². The van der Waals surface area contributed by atoms with Gasteiger partial charge in [-0.15, -0.1) is 0 Å². The van der Waals surface area contributed by atoms with Crippen LogP contribution in [0.2, 0.25) is 0 Å². The van der Waals surface area contributed by atoms with Crippen molar-refractivity contribution >= 4 is 5.91 Å². The van der Waals surface area contributed by atoms with Gasteiger partial charge in [0.05, 0.1) is 13.0 Å². The summed E-state index contributed by atoms with van der Waals surface area (Å²) in [5.41, 5.74) is -0.146. The van der Waals surface area contributed by atoms with E-state index in [4.69, 9.17) is 9.94 Å². The van der Waals surface area contributed by atoms with Gasteiger partial charge in [-0.05, 0) is 25.7 Å². The Morgan fingerprint density at radius 3 is 2.77 bits per heavy atom. The van der Waals surface area contributed by atoms with Crippen molar-refractivity contribution in [2.75, 3.05) is 13.2 Å². The van der Waals surface area contributed by atoms with Gasteiger partial charge in [0.2, 0.25) is 5.91 Å². The lowest BCUT2D eigenvalue weighted by Crippen LogP contribution is -2.38. The fourth-order valence-electron chi connectivity index (χ4n) is 1.90. The molecule has 0 aromatic carbocycles. The molecule has 1 spiro atoms. The molecule has 0 aromatic rings. The van der Waals surface area contributed by atoms with E-state index in [0.717, 1.165) is 12.8 Å². The Bertz CT molecular complexity index is 213. The number of hydrogen-bond donors (Lipinski definition) is 1. The number of amides is 1. The lowest BCUT2D eigenvalue weighted by molar-refractivity contribution is -0.220. The van der Waals surface area contributed by atoms with Gasteiger partial charge < -0.3 is 5.11 Å². The molecule has 74 valence electrons. The van der Waals surface area contributed by atoms with Crippen LogP contribution in [0.4, 0.5) is 0 Å². The highest BCUT2D eigenvalue weighted by molar-refractivity contribution is 5.78. The third-order valence-corrected chi connectivity index (χ3v) is 2.84. The lowest BCUT2D eigenvalue weighted by Gasteiger charge is -2.35. The maximum Gasteiger partial charge on any atom is 0.249 e. The molecule has 1 N–H and O–H groups in total. The number of nitrogens with zero attached hydrogens (tertiary/aromatic N) is 1. The van der Waals surface area contributed by atoms with Crippen molar-refractivity contribution in [3.8, 4) is 0 Å². The summed E-state index contributed by atoms with van der Waals surface area (Å²) in [4.78, 5) is 17.0. The van der Waals surface area contributed by atoms with Crippen molar-refractivity contribution < 1.29 is 14.7 Å². The molecular formula is C9H15NO3. The van der Waals surface area contributed by atoms with Crippen LogP contribution in [0.15, 0.2) is 0 Å². The molecule has 0 radical (unpaired) electrons. The molecule has 13 heavy (non-hydrogen) atoms. The van der Waals surface area contributed by atoms with E-state index in [1.165, 1.54) is 11.5 Å². The molecule has 1 amide bonds. The first kappa shape index (κ1) is 8.97. The highest BCUT2D eigenvalue weighted by Crippen LogP contribution is 2.43. The second-order valence-corrected chi connectivity index (χ2v) is 3.88. The molecular weight excluding hydrogens is 170 g/mol. The number of aliphatic hydroxyl groups excluding tert-OH is 1. The summed E-state index contributed by atoms with van der Waals surface area (Å²) in [5, 5.41) is 10.0. The van der Waals surface area contributed by atoms with Crippen LogP contribution in [0, 0.1) is 0 Å². The zero-order valence-electron chi connectivity index (χ0n) is 7.66. The average molecular weight is 185 g/mol. The van der Waals surface area contributed by atoms with Gasteiger partial charge in [-0.1, -0.05) is 0 Å². The van der Waals surface area contributed by atoms with Crippen molar-refractivity contribution in [2.45, 2.75) is 37.7 Å². The Kier molecular flexibility index (Phi) is 2.26. The predicted octanol–water partition coefficient (Wildman–Crippen LogP) is 0.455. The summed E-state index contributed by atoms with van der Waals surface area (Å²) in [6.07, 6.45) is 4.32. The zero-order valence-corrected chi connectivity index (χ0v) is 7.66. The maximum absolute atomic E-state index is 11.4. The van der Waals surface area contributed by atoms with Gasteiger partial charge >= 0.3 is 0 Å². The smallest absolute Gasteiger partial charge is 0.249 e. The minimum atomic E-state index is -0.146. The summed E-state index contributed by atoms with van der Waals surface area (Å²) in [6.45, 7) is 0.636. The Hall–Kier alpha value is -0.610. The number of hydrogen-bond acceptors (Lipinski definition) is 3. The van der Waals surface area contributed by atoms with Crippen LogP contribution in [0.3, 0.4) is 0 Å². The van der Waals surface area contributed by atoms with Crippen molar-refractivity contribution in [3.63, 3.8) is 0 Å². The summed E-state index contributed by atoms with van der Waals surface area (Å²) < 4.78 is 0. The Balaban J connectivity index is 1.88. The number of hydroxylamine groups is 2. The van der Waals surface area contributed by atoms with Crippen LogP contribution in [0.1, 0.15) is 32.1 Å². The molecule has 0 aromatic heterocycles. The summed E-state index contributed by atoms with van der Waals surface area (Å²) >= 11 is 0. The first-order valence-electron chi connectivity index (χ1n) is 4.86. The van der Waals surface area contributed by atoms with Crippen LogP contribution < -0.4 is 0 Å². The first-order chi connectivity index (χ1) is 6.26. The van der Waals surface area contributed by atoms with Gasteiger partial charge in [0.1, 0.15) is 5.60 Å². The molecule has 0 atom stereocenters. The molecule has 1 heterocycles. The van der Waals surface area contributed by atoms with E-state index < -0.39 is 0 Å². The Morgan fingerprint density at radius 2 is 2.31 bits per heavy atom. The second-order valence-electron chi connectivity index (χ2n) is 3.88. The molecule has 2 fully saturated rings. The van der Waals surface area contributed by atoms with Crippen LogP contribution in [-0.2, 0) is 9.63 Å². The normalized spacial score (nSPS) is 25.3. The highest BCUT2D eigenvalue weighted by atomic mass is 16.7. The molecule has 2 rings (SSSR count). The van der Waals surface area contributed by atoms with Crippen LogP contribution in [0.5, 0.6) is 0 Å². The fraction of sp³-hybridized carbons (Fsp3) is 0.889. The van der Waals surface area contributed by atoms with Gasteiger partial charge in [0.25, 0.3) is 0 Å². The standard InChI is InChI=1S/C9H15NO3/c11-6-2-5-10-8(12)7-9(13-10)3-1-4-9/h11H,1-7H2. The predicted molar refractivity (Wildman–Crippen MR) is 45.7 cm³/mol. The summed E-state index contributed by atoms with van der Waals surface area (Å²) in [6, 6.07) is 0. The third-order valence-electron chi connectivity index (χ3n) is 2.84. The van der Waals surface area contributed by atoms with Gasteiger partial charge in [0.15, 0.2) is 0 Å². The van der Waals surface area contributed by atoms with Crippen molar-refractivity contribution in [3.05, 3.63) is 0 Å². The fourth-order valence-corrected chi connectivity index (χ4v) is 1.90. The minimum absolute atomic E-state index is 0.0770. The summed E-state index contributed by atoms with van der Waals surface area (Å²) in [5.74, 6) is 0.0770. The van der Waals surface area contributed by atoms with Crippen molar-refractivity contribution in [2.24, 2.45) is 0 Å². The second kappa shape index (κ2) is 3.27. The quantitative estimate of drug-likeness (QED) is 0.694. The number of aliphatic hydroxyl groups is 1. The van der Waals surface area contributed by atoms with Gasteiger partial charge in [-0.2, -0.15) is 0 Å². The van der Waals surface area contributed by atoms with Crippen molar-refractivity contribution in [1.82, 2.24) is 5.06 Å². The molecule has 0 unspecified atom stereocenters. The molecule has 4 nitrogen and oxygen atoms in total. The van der Waals surface area contributed by atoms with Crippen LogP contribution in [0.25, 0.3) is 0 Å². The minimum Gasteiger partial charge on any atom is -0.396 e. The highest BCUT2D eigenvalue weighted by Gasteiger charge is 2.48. The molecule has 1 aliphatic carbocycles. The Morgan fingerprint density at radius 1 is 1.54 bits per heavy atom. The largest absolute Gasteiger partial charge is 0.396 e. The molecule has 1 saturated heterocycles. The average Bonchev–Trinajstić information content (AvgIpc) is 2.39. The third kappa shape index (κ3) is 1.56. The van der Waals surface area contributed by atoms with Crippen LogP contribution >= 0.6 is 0 Å². The molecule has 1 aliphatic heterocycles. The molecule has 2 aliphatic rings. The first-order valence-corrected chi connectivity index (χ1v) is 4.86. The maximum atomic E-state index is 11.4.